The molecule has 1 N–H and O–H groups in total. The van der Waals surface area contributed by atoms with Gasteiger partial charge >= 0.3 is 0 Å². The normalized spacial score (nSPS) is 12.4. The van der Waals surface area contributed by atoms with Crippen molar-refractivity contribution in [2.75, 3.05) is 0 Å². The quantitative estimate of drug-likeness (QED) is 0.282. The largest absolute Gasteiger partial charge is 0.286 e. The zero-order valence-electron chi connectivity index (χ0n) is 17.7. The van der Waals surface area contributed by atoms with Crippen LogP contribution in [-0.2, 0) is 9.63 Å². The zero-order chi connectivity index (χ0) is 21.7. The second-order valence-corrected chi connectivity index (χ2v) is 9.40. The fourth-order valence-corrected chi connectivity index (χ4v) is 4.02. The first-order valence-corrected chi connectivity index (χ1v) is 10.8. The number of carbonyl (C=O) groups excluding carboxylic acids is 1. The SMILES string of the molecule is CC(Sc1ccccc1-c1ccc(-c2ccccc2)cc1)C(=O)N(O)OC(C)(C)C. The predicted molar refractivity (Wildman–Crippen MR) is 122 cm³/mol. The molecule has 0 fully saturated rings. The Morgan fingerprint density at radius 3 is 2.03 bits per heavy atom. The molecule has 1 amide bonds. The molecule has 5 heteroatoms. The number of nitrogens with zero attached hydrogens (tertiary/aromatic N) is 1. The van der Waals surface area contributed by atoms with Crippen LogP contribution in [0.1, 0.15) is 27.7 Å². The fraction of sp³-hybridized carbons (Fsp3) is 0.240. The fourth-order valence-electron chi connectivity index (χ4n) is 2.98. The molecule has 0 bridgehead atoms. The summed E-state index contributed by atoms with van der Waals surface area (Å²) in [6, 6.07) is 26.6. The van der Waals surface area contributed by atoms with Gasteiger partial charge in [-0.2, -0.15) is 0 Å². The van der Waals surface area contributed by atoms with Crippen molar-refractivity contribution >= 4 is 17.7 Å². The minimum Gasteiger partial charge on any atom is -0.269 e. The van der Waals surface area contributed by atoms with E-state index in [-0.39, 0.29) is 0 Å². The minimum atomic E-state index is -0.660. The molecule has 156 valence electrons. The Kier molecular flexibility index (Phi) is 6.98. The first kappa shape index (κ1) is 22.1. The highest BCUT2D eigenvalue weighted by Crippen LogP contribution is 2.35. The molecule has 0 saturated heterocycles. The van der Waals surface area contributed by atoms with Crippen molar-refractivity contribution in [2.45, 2.75) is 43.4 Å². The Balaban J connectivity index is 1.78. The summed E-state index contributed by atoms with van der Waals surface area (Å²) in [6.45, 7) is 7.08. The summed E-state index contributed by atoms with van der Waals surface area (Å²) >= 11 is 1.40. The topological polar surface area (TPSA) is 49.8 Å². The van der Waals surface area contributed by atoms with E-state index < -0.39 is 16.8 Å². The number of hydrogen-bond acceptors (Lipinski definition) is 4. The van der Waals surface area contributed by atoms with Crippen molar-refractivity contribution in [3.63, 3.8) is 0 Å². The van der Waals surface area contributed by atoms with E-state index in [4.69, 9.17) is 4.84 Å². The maximum atomic E-state index is 12.5. The molecular weight excluding hydrogens is 394 g/mol. The van der Waals surface area contributed by atoms with Crippen molar-refractivity contribution in [1.82, 2.24) is 5.23 Å². The van der Waals surface area contributed by atoms with E-state index in [1.807, 2.05) is 42.5 Å². The lowest BCUT2D eigenvalue weighted by molar-refractivity contribution is -0.351. The summed E-state index contributed by atoms with van der Waals surface area (Å²) in [5.74, 6) is -0.496. The van der Waals surface area contributed by atoms with Crippen LogP contribution in [0.25, 0.3) is 22.3 Å². The lowest BCUT2D eigenvalue weighted by Gasteiger charge is -2.26. The molecule has 4 nitrogen and oxygen atoms in total. The van der Waals surface area contributed by atoms with Crippen LogP contribution in [0, 0.1) is 0 Å². The molecule has 0 aliphatic heterocycles. The molecule has 3 aromatic carbocycles. The van der Waals surface area contributed by atoms with Crippen LogP contribution in [0.5, 0.6) is 0 Å². The molecule has 0 aromatic heterocycles. The van der Waals surface area contributed by atoms with Gasteiger partial charge in [0.25, 0.3) is 5.91 Å². The Hall–Kier alpha value is -2.60. The Morgan fingerprint density at radius 2 is 1.40 bits per heavy atom. The molecule has 0 aliphatic rings. The van der Waals surface area contributed by atoms with Crippen LogP contribution >= 0.6 is 11.8 Å². The molecule has 0 radical (unpaired) electrons. The highest BCUT2D eigenvalue weighted by Gasteiger charge is 2.26. The van der Waals surface area contributed by atoms with Gasteiger partial charge < -0.3 is 0 Å². The predicted octanol–water partition coefficient (Wildman–Crippen LogP) is 6.45. The zero-order valence-corrected chi connectivity index (χ0v) is 18.5. The van der Waals surface area contributed by atoms with E-state index >= 15 is 0 Å². The molecule has 0 spiro atoms. The van der Waals surface area contributed by atoms with E-state index in [1.54, 1.807) is 27.7 Å². The summed E-state index contributed by atoms with van der Waals surface area (Å²) in [5.41, 5.74) is 3.79. The van der Waals surface area contributed by atoms with Crippen molar-refractivity contribution in [1.29, 1.82) is 0 Å². The van der Waals surface area contributed by atoms with Crippen LogP contribution in [0.3, 0.4) is 0 Å². The van der Waals surface area contributed by atoms with Crippen molar-refractivity contribution < 1.29 is 14.8 Å². The molecule has 3 aromatic rings. The van der Waals surface area contributed by atoms with Gasteiger partial charge in [0.1, 0.15) is 0 Å². The van der Waals surface area contributed by atoms with Gasteiger partial charge in [-0.25, -0.2) is 4.84 Å². The van der Waals surface area contributed by atoms with Gasteiger partial charge in [0.15, 0.2) is 0 Å². The average molecular weight is 422 g/mol. The number of carbonyl (C=O) groups is 1. The lowest BCUT2D eigenvalue weighted by Crippen LogP contribution is -2.39. The minimum absolute atomic E-state index is 0.356. The number of thioether (sulfide) groups is 1. The standard InChI is InChI=1S/C25H27NO3S/c1-18(24(27)26(28)29-25(2,3)4)30-23-13-9-8-12-22(23)21-16-14-20(15-17-21)19-10-6-5-7-11-19/h5-18,28H,1-4H3. The van der Waals surface area contributed by atoms with Gasteiger partial charge in [-0.1, -0.05) is 78.0 Å². The number of amides is 1. The smallest absolute Gasteiger partial charge is 0.269 e. The Bertz CT molecular complexity index is 981. The van der Waals surface area contributed by atoms with Gasteiger partial charge in [0.05, 0.1) is 10.9 Å². The molecule has 0 heterocycles. The summed E-state index contributed by atoms with van der Waals surface area (Å²) in [6.07, 6.45) is 0. The Morgan fingerprint density at radius 1 is 0.867 bits per heavy atom. The van der Waals surface area contributed by atoms with Gasteiger partial charge in [0.2, 0.25) is 0 Å². The molecule has 30 heavy (non-hydrogen) atoms. The number of hydrogen-bond donors (Lipinski definition) is 1. The maximum Gasteiger partial charge on any atom is 0.286 e. The van der Waals surface area contributed by atoms with E-state index in [9.17, 15) is 10.0 Å². The van der Waals surface area contributed by atoms with Gasteiger partial charge in [-0.3, -0.25) is 10.0 Å². The molecule has 1 unspecified atom stereocenters. The highest BCUT2D eigenvalue weighted by atomic mass is 32.2. The highest BCUT2D eigenvalue weighted by molar-refractivity contribution is 8.00. The lowest BCUT2D eigenvalue weighted by atomic mass is 10.0. The molecular formula is C25H27NO3S. The van der Waals surface area contributed by atoms with Gasteiger partial charge in [-0.15, -0.1) is 11.8 Å². The first-order valence-electron chi connectivity index (χ1n) is 9.88. The number of benzene rings is 3. The Labute approximate surface area is 182 Å². The van der Waals surface area contributed by atoms with E-state index in [2.05, 4.69) is 36.4 Å². The molecule has 3 rings (SSSR count). The summed E-state index contributed by atoms with van der Waals surface area (Å²) in [4.78, 5) is 18.7. The third-order valence-electron chi connectivity index (χ3n) is 4.39. The molecule has 0 aliphatic carbocycles. The second-order valence-electron chi connectivity index (χ2n) is 8.01. The number of rotatable bonds is 6. The van der Waals surface area contributed by atoms with Crippen LogP contribution in [0.15, 0.2) is 83.8 Å². The van der Waals surface area contributed by atoms with E-state index in [1.165, 1.54) is 17.3 Å². The van der Waals surface area contributed by atoms with Crippen LogP contribution in [0.2, 0.25) is 0 Å². The van der Waals surface area contributed by atoms with Crippen LogP contribution < -0.4 is 0 Å². The summed E-state index contributed by atoms with van der Waals surface area (Å²) in [7, 11) is 0. The molecule has 0 saturated carbocycles. The van der Waals surface area contributed by atoms with Gasteiger partial charge in [-0.05, 0) is 56.0 Å². The third kappa shape index (κ3) is 5.72. The second kappa shape index (κ2) is 9.47. The maximum absolute atomic E-state index is 12.5. The summed E-state index contributed by atoms with van der Waals surface area (Å²) < 4.78 is 0. The monoisotopic (exact) mass is 421 g/mol. The van der Waals surface area contributed by atoms with Crippen LogP contribution in [0.4, 0.5) is 0 Å². The van der Waals surface area contributed by atoms with Crippen molar-refractivity contribution in [3.8, 4) is 22.3 Å². The third-order valence-corrected chi connectivity index (χ3v) is 5.56. The van der Waals surface area contributed by atoms with Crippen molar-refractivity contribution in [2.24, 2.45) is 0 Å². The van der Waals surface area contributed by atoms with Crippen LogP contribution in [-0.4, -0.2) is 27.2 Å². The average Bonchev–Trinajstić information content (AvgIpc) is 2.73. The van der Waals surface area contributed by atoms with E-state index in [0.29, 0.717) is 5.23 Å². The van der Waals surface area contributed by atoms with Gasteiger partial charge in [0, 0.05) is 4.90 Å². The number of hydroxylamine groups is 2. The van der Waals surface area contributed by atoms with Crippen molar-refractivity contribution in [3.05, 3.63) is 78.9 Å². The molecule has 1 atom stereocenters. The first-order chi connectivity index (χ1) is 14.2. The van der Waals surface area contributed by atoms with E-state index in [0.717, 1.165) is 21.6 Å². The summed E-state index contributed by atoms with van der Waals surface area (Å²) in [5, 5.41) is 9.82.